The summed E-state index contributed by atoms with van der Waals surface area (Å²) in [5.41, 5.74) is 0.556. The summed E-state index contributed by atoms with van der Waals surface area (Å²) >= 11 is 5.09. The Hall–Kier alpha value is -1.05. The Bertz CT molecular complexity index is 619. The number of amides is 2. The van der Waals surface area contributed by atoms with Crippen LogP contribution in [0.4, 0.5) is 0 Å². The molecule has 1 atom stereocenters. The van der Waals surface area contributed by atoms with Crippen molar-refractivity contribution in [2.75, 3.05) is 39.2 Å². The van der Waals surface area contributed by atoms with Gasteiger partial charge in [-0.1, -0.05) is 12.1 Å². The molecule has 0 aliphatic carbocycles. The van der Waals surface area contributed by atoms with E-state index in [-0.39, 0.29) is 11.8 Å². The number of thioether (sulfide) groups is 1. The van der Waals surface area contributed by atoms with Gasteiger partial charge in [0.1, 0.15) is 6.04 Å². The minimum atomic E-state index is -0.474. The molecule has 0 aromatic heterocycles. The molecule has 1 aliphatic heterocycles. The molecule has 144 valence electrons. The van der Waals surface area contributed by atoms with E-state index in [0.717, 1.165) is 36.2 Å². The quantitative estimate of drug-likeness (QED) is 0.706. The maximum atomic E-state index is 13.0. The second kappa shape index (κ2) is 10.3. The summed E-state index contributed by atoms with van der Waals surface area (Å²) in [4.78, 5) is 29.8. The van der Waals surface area contributed by atoms with Gasteiger partial charge in [0.25, 0.3) is 5.91 Å². The lowest BCUT2D eigenvalue weighted by Crippen LogP contribution is -2.52. The molecular formula is C19H28BrN3O2S. The van der Waals surface area contributed by atoms with Gasteiger partial charge in [0.05, 0.1) is 5.56 Å². The second-order valence-electron chi connectivity index (χ2n) is 6.81. The monoisotopic (exact) mass is 441 g/mol. The van der Waals surface area contributed by atoms with E-state index in [0.29, 0.717) is 18.0 Å². The van der Waals surface area contributed by atoms with E-state index in [1.165, 1.54) is 0 Å². The maximum absolute atomic E-state index is 13.0. The fourth-order valence-electron chi connectivity index (χ4n) is 3.20. The Labute approximate surface area is 169 Å². The Morgan fingerprint density at radius 2 is 1.96 bits per heavy atom. The van der Waals surface area contributed by atoms with E-state index in [4.69, 9.17) is 0 Å². The summed E-state index contributed by atoms with van der Waals surface area (Å²) < 4.78 is 0.736. The topological polar surface area (TPSA) is 52.7 Å². The molecule has 1 N–H and O–H groups in total. The van der Waals surface area contributed by atoms with Crippen molar-refractivity contribution < 1.29 is 9.59 Å². The molecule has 1 heterocycles. The number of halogens is 1. The lowest BCUT2D eigenvalue weighted by atomic mass is 10.0. The normalized spacial score (nSPS) is 16.6. The highest BCUT2D eigenvalue weighted by Crippen LogP contribution is 2.18. The number of hydrogen-bond acceptors (Lipinski definition) is 4. The zero-order valence-corrected chi connectivity index (χ0v) is 18.1. The van der Waals surface area contributed by atoms with Crippen molar-refractivity contribution in [3.05, 3.63) is 34.3 Å². The molecule has 1 fully saturated rings. The van der Waals surface area contributed by atoms with Gasteiger partial charge >= 0.3 is 0 Å². The third kappa shape index (κ3) is 5.72. The van der Waals surface area contributed by atoms with Crippen molar-refractivity contribution in [2.24, 2.45) is 0 Å². The minimum Gasteiger partial charge on any atom is -0.341 e. The summed E-state index contributed by atoms with van der Waals surface area (Å²) in [6, 6.07) is 7.34. The van der Waals surface area contributed by atoms with Gasteiger partial charge in [-0.25, -0.2) is 0 Å². The van der Waals surface area contributed by atoms with Crippen LogP contribution >= 0.6 is 27.7 Å². The summed E-state index contributed by atoms with van der Waals surface area (Å²) in [7, 11) is 4.17. The Balaban J connectivity index is 2.03. The lowest BCUT2D eigenvalue weighted by Gasteiger charge is -2.37. The molecule has 1 aromatic carbocycles. The van der Waals surface area contributed by atoms with Crippen molar-refractivity contribution in [1.82, 2.24) is 15.1 Å². The van der Waals surface area contributed by atoms with Crippen LogP contribution in [0.5, 0.6) is 0 Å². The molecule has 1 aliphatic rings. The SMILES string of the molecule is CSCCC(NC(=O)c1ccccc1Br)C(=O)N1CCC(N(C)C)CC1. The minimum absolute atomic E-state index is 0.0386. The van der Waals surface area contributed by atoms with E-state index >= 15 is 0 Å². The van der Waals surface area contributed by atoms with E-state index < -0.39 is 6.04 Å². The van der Waals surface area contributed by atoms with Gasteiger partial charge in [0, 0.05) is 23.6 Å². The van der Waals surface area contributed by atoms with E-state index in [2.05, 4.69) is 40.2 Å². The molecule has 2 rings (SSSR count). The first-order valence-electron chi connectivity index (χ1n) is 8.93. The number of hydrogen-bond donors (Lipinski definition) is 1. The predicted octanol–water partition coefficient (Wildman–Crippen LogP) is 2.85. The van der Waals surface area contributed by atoms with Crippen LogP contribution < -0.4 is 5.32 Å². The number of piperidine rings is 1. The molecule has 0 saturated carbocycles. The molecule has 7 heteroatoms. The molecule has 26 heavy (non-hydrogen) atoms. The molecule has 0 bridgehead atoms. The average Bonchev–Trinajstić information content (AvgIpc) is 2.64. The van der Waals surface area contributed by atoms with Crippen LogP contribution in [0.25, 0.3) is 0 Å². The highest BCUT2D eigenvalue weighted by molar-refractivity contribution is 9.10. The summed E-state index contributed by atoms with van der Waals surface area (Å²) in [6.07, 6.45) is 4.61. The molecule has 1 saturated heterocycles. The van der Waals surface area contributed by atoms with Gasteiger partial charge in [-0.15, -0.1) is 0 Å². The van der Waals surface area contributed by atoms with Crippen LogP contribution in [0.15, 0.2) is 28.7 Å². The highest BCUT2D eigenvalue weighted by atomic mass is 79.9. The first-order valence-corrected chi connectivity index (χ1v) is 11.1. The van der Waals surface area contributed by atoms with Crippen LogP contribution in [-0.2, 0) is 4.79 Å². The number of nitrogens with zero attached hydrogens (tertiary/aromatic N) is 2. The van der Waals surface area contributed by atoms with Crippen molar-refractivity contribution in [2.45, 2.75) is 31.3 Å². The standard InChI is InChI=1S/C19H28BrN3O2S/c1-22(2)14-8-11-23(12-9-14)19(25)17(10-13-26-3)21-18(24)15-6-4-5-7-16(15)20/h4-7,14,17H,8-13H2,1-3H3,(H,21,24). The number of carbonyl (C=O) groups is 2. The van der Waals surface area contributed by atoms with Crippen molar-refractivity contribution in [1.29, 1.82) is 0 Å². The van der Waals surface area contributed by atoms with Gasteiger partial charge in [-0.05, 0) is 73.4 Å². The summed E-state index contributed by atoms with van der Waals surface area (Å²) in [5.74, 6) is 0.664. The van der Waals surface area contributed by atoms with Gasteiger partial charge in [-0.2, -0.15) is 11.8 Å². The van der Waals surface area contributed by atoms with Crippen LogP contribution in [0.1, 0.15) is 29.6 Å². The molecular weight excluding hydrogens is 414 g/mol. The van der Waals surface area contributed by atoms with Crippen LogP contribution in [0, 0.1) is 0 Å². The first-order chi connectivity index (χ1) is 12.4. The fourth-order valence-corrected chi connectivity index (χ4v) is 4.13. The molecule has 1 unspecified atom stereocenters. The maximum Gasteiger partial charge on any atom is 0.253 e. The van der Waals surface area contributed by atoms with Gasteiger partial charge in [-0.3, -0.25) is 9.59 Å². The summed E-state index contributed by atoms with van der Waals surface area (Å²) in [6.45, 7) is 1.50. The number of nitrogens with one attached hydrogen (secondary N) is 1. The molecule has 0 spiro atoms. The number of carbonyl (C=O) groups excluding carboxylic acids is 2. The van der Waals surface area contributed by atoms with E-state index in [1.54, 1.807) is 17.8 Å². The Morgan fingerprint density at radius 1 is 1.31 bits per heavy atom. The van der Waals surface area contributed by atoms with Crippen molar-refractivity contribution in [3.63, 3.8) is 0 Å². The predicted molar refractivity (Wildman–Crippen MR) is 112 cm³/mol. The third-order valence-electron chi connectivity index (χ3n) is 4.84. The van der Waals surface area contributed by atoms with Crippen molar-refractivity contribution >= 4 is 39.5 Å². The van der Waals surface area contributed by atoms with Gasteiger partial charge < -0.3 is 15.1 Å². The number of likely N-dealkylation sites (tertiary alicyclic amines) is 1. The van der Waals surface area contributed by atoms with Crippen molar-refractivity contribution in [3.8, 4) is 0 Å². The highest BCUT2D eigenvalue weighted by Gasteiger charge is 2.30. The third-order valence-corrected chi connectivity index (χ3v) is 6.17. The fraction of sp³-hybridized carbons (Fsp3) is 0.579. The van der Waals surface area contributed by atoms with Gasteiger partial charge in [0.15, 0.2) is 0 Å². The largest absolute Gasteiger partial charge is 0.341 e. The van der Waals surface area contributed by atoms with Crippen LogP contribution in [0.3, 0.4) is 0 Å². The number of benzene rings is 1. The Kier molecular flexibility index (Phi) is 8.44. The Morgan fingerprint density at radius 3 is 2.54 bits per heavy atom. The summed E-state index contributed by atoms with van der Waals surface area (Å²) in [5, 5.41) is 2.96. The van der Waals surface area contributed by atoms with Crippen LogP contribution in [-0.4, -0.2) is 72.9 Å². The van der Waals surface area contributed by atoms with E-state index in [1.807, 2.05) is 29.4 Å². The lowest BCUT2D eigenvalue weighted by molar-refractivity contribution is -0.134. The first kappa shape index (κ1) is 21.3. The molecule has 0 radical (unpaired) electrons. The second-order valence-corrected chi connectivity index (χ2v) is 8.65. The zero-order chi connectivity index (χ0) is 19.1. The number of rotatable bonds is 7. The zero-order valence-electron chi connectivity index (χ0n) is 15.7. The molecule has 1 aromatic rings. The average molecular weight is 442 g/mol. The molecule has 5 nitrogen and oxygen atoms in total. The smallest absolute Gasteiger partial charge is 0.253 e. The van der Waals surface area contributed by atoms with Crippen LogP contribution in [0.2, 0.25) is 0 Å². The molecule has 2 amide bonds. The van der Waals surface area contributed by atoms with E-state index in [9.17, 15) is 9.59 Å². The van der Waals surface area contributed by atoms with Gasteiger partial charge in [0.2, 0.25) is 5.91 Å².